The molecule has 18 heavy (non-hydrogen) atoms. The fourth-order valence-corrected chi connectivity index (χ4v) is 2.97. The molecule has 1 atom stereocenters. The van der Waals surface area contributed by atoms with Gasteiger partial charge in [0.2, 0.25) is 0 Å². The van der Waals surface area contributed by atoms with Gasteiger partial charge in [0.15, 0.2) is 0 Å². The van der Waals surface area contributed by atoms with Crippen LogP contribution >= 0.6 is 0 Å². The van der Waals surface area contributed by atoms with Gasteiger partial charge in [-0.1, -0.05) is 12.1 Å². The summed E-state index contributed by atoms with van der Waals surface area (Å²) < 4.78 is 13.2. The molecule has 0 aliphatic heterocycles. The largest absolute Gasteiger partial charge is 0.310 e. The molecular formula is C16H22FN. The zero-order valence-electron chi connectivity index (χ0n) is 11.0. The molecule has 1 N–H and O–H groups in total. The van der Waals surface area contributed by atoms with E-state index in [-0.39, 0.29) is 11.9 Å². The highest BCUT2D eigenvalue weighted by Gasteiger charge is 2.41. The molecule has 0 radical (unpaired) electrons. The van der Waals surface area contributed by atoms with E-state index in [0.717, 1.165) is 29.9 Å². The van der Waals surface area contributed by atoms with Crippen molar-refractivity contribution in [3.8, 4) is 0 Å². The number of hydrogen-bond acceptors (Lipinski definition) is 1. The second-order valence-corrected chi connectivity index (χ2v) is 6.02. The Morgan fingerprint density at radius 3 is 2.44 bits per heavy atom. The fraction of sp³-hybridized carbons (Fsp3) is 0.625. The highest BCUT2D eigenvalue weighted by molar-refractivity contribution is 5.19. The zero-order valence-corrected chi connectivity index (χ0v) is 11.0. The molecular weight excluding hydrogens is 225 g/mol. The van der Waals surface area contributed by atoms with Crippen LogP contribution in [0.3, 0.4) is 0 Å². The van der Waals surface area contributed by atoms with Crippen LogP contribution in [-0.4, -0.2) is 6.54 Å². The minimum Gasteiger partial charge on any atom is -0.310 e. The van der Waals surface area contributed by atoms with Crippen molar-refractivity contribution in [2.45, 2.75) is 38.6 Å². The highest BCUT2D eigenvalue weighted by atomic mass is 19.1. The average Bonchev–Trinajstić information content (AvgIpc) is 3.23. The molecule has 2 heteroatoms. The molecule has 2 aliphatic rings. The third kappa shape index (κ3) is 2.92. The lowest BCUT2D eigenvalue weighted by Gasteiger charge is -2.20. The number of nitrogens with one attached hydrogen (secondary N) is 1. The standard InChI is InChI=1S/C16H22FN/c1-11(14-3-2-4-15(17)9-14)18-10-16(12-5-6-12)13-7-8-13/h2-4,9,11-13,16,18H,5-8,10H2,1H3. The summed E-state index contributed by atoms with van der Waals surface area (Å²) in [5.41, 5.74) is 1.06. The Labute approximate surface area is 109 Å². The van der Waals surface area contributed by atoms with E-state index >= 15 is 0 Å². The lowest BCUT2D eigenvalue weighted by Crippen LogP contribution is -2.28. The van der Waals surface area contributed by atoms with Gasteiger partial charge in [-0.05, 0) is 74.6 Å². The van der Waals surface area contributed by atoms with E-state index in [0.29, 0.717) is 0 Å². The smallest absolute Gasteiger partial charge is 0.123 e. The molecule has 2 aliphatic carbocycles. The van der Waals surface area contributed by atoms with Crippen LogP contribution in [0.5, 0.6) is 0 Å². The maximum absolute atomic E-state index is 13.2. The number of halogens is 1. The van der Waals surface area contributed by atoms with E-state index in [4.69, 9.17) is 0 Å². The molecule has 3 rings (SSSR count). The van der Waals surface area contributed by atoms with E-state index < -0.39 is 0 Å². The molecule has 0 saturated heterocycles. The summed E-state index contributed by atoms with van der Waals surface area (Å²) in [4.78, 5) is 0. The van der Waals surface area contributed by atoms with Crippen molar-refractivity contribution in [3.63, 3.8) is 0 Å². The summed E-state index contributed by atoms with van der Waals surface area (Å²) in [7, 11) is 0. The molecule has 2 saturated carbocycles. The fourth-order valence-electron chi connectivity index (χ4n) is 2.97. The highest BCUT2D eigenvalue weighted by Crippen LogP contribution is 2.48. The lowest BCUT2D eigenvalue weighted by atomic mass is 9.97. The van der Waals surface area contributed by atoms with Gasteiger partial charge < -0.3 is 5.32 Å². The zero-order chi connectivity index (χ0) is 12.5. The predicted molar refractivity (Wildman–Crippen MR) is 71.8 cm³/mol. The third-order valence-electron chi connectivity index (χ3n) is 4.46. The van der Waals surface area contributed by atoms with Crippen LogP contribution in [-0.2, 0) is 0 Å². The molecule has 98 valence electrons. The Balaban J connectivity index is 1.55. The summed E-state index contributed by atoms with van der Waals surface area (Å²) >= 11 is 0. The first-order valence-corrected chi connectivity index (χ1v) is 7.23. The van der Waals surface area contributed by atoms with Gasteiger partial charge in [0.05, 0.1) is 0 Å². The van der Waals surface area contributed by atoms with Gasteiger partial charge in [0, 0.05) is 6.04 Å². The van der Waals surface area contributed by atoms with E-state index in [9.17, 15) is 4.39 Å². The first-order valence-electron chi connectivity index (χ1n) is 7.23. The Kier molecular flexibility index (Phi) is 3.38. The molecule has 0 heterocycles. The van der Waals surface area contributed by atoms with Crippen molar-refractivity contribution < 1.29 is 4.39 Å². The lowest BCUT2D eigenvalue weighted by molar-refractivity contribution is 0.362. The minimum atomic E-state index is -0.137. The second kappa shape index (κ2) is 5.00. The molecule has 1 aromatic carbocycles. The number of hydrogen-bond donors (Lipinski definition) is 1. The van der Waals surface area contributed by atoms with Gasteiger partial charge in [0.25, 0.3) is 0 Å². The van der Waals surface area contributed by atoms with Crippen LogP contribution in [0.15, 0.2) is 24.3 Å². The average molecular weight is 247 g/mol. The third-order valence-corrected chi connectivity index (χ3v) is 4.46. The SMILES string of the molecule is CC(NCC(C1CC1)C1CC1)c1cccc(F)c1. The molecule has 1 aromatic rings. The van der Waals surface area contributed by atoms with Gasteiger partial charge in [0.1, 0.15) is 5.82 Å². The van der Waals surface area contributed by atoms with Crippen molar-refractivity contribution in [1.29, 1.82) is 0 Å². The molecule has 0 spiro atoms. The van der Waals surface area contributed by atoms with Crippen molar-refractivity contribution >= 4 is 0 Å². The van der Waals surface area contributed by atoms with Gasteiger partial charge in [-0.3, -0.25) is 0 Å². The summed E-state index contributed by atoms with van der Waals surface area (Å²) in [5, 5.41) is 3.60. The monoisotopic (exact) mass is 247 g/mol. The van der Waals surface area contributed by atoms with Gasteiger partial charge in [-0.15, -0.1) is 0 Å². The molecule has 1 unspecified atom stereocenters. The van der Waals surface area contributed by atoms with Crippen molar-refractivity contribution in [1.82, 2.24) is 5.32 Å². The van der Waals surface area contributed by atoms with Crippen molar-refractivity contribution in [2.75, 3.05) is 6.54 Å². The summed E-state index contributed by atoms with van der Waals surface area (Å²) in [6.45, 7) is 3.23. The van der Waals surface area contributed by atoms with Crippen molar-refractivity contribution in [3.05, 3.63) is 35.6 Å². The number of rotatable bonds is 6. The molecule has 0 amide bonds. The quantitative estimate of drug-likeness (QED) is 0.803. The van der Waals surface area contributed by atoms with Gasteiger partial charge >= 0.3 is 0 Å². The normalized spacial score (nSPS) is 21.3. The maximum Gasteiger partial charge on any atom is 0.123 e. The van der Waals surface area contributed by atoms with Crippen LogP contribution in [0.4, 0.5) is 4.39 Å². The van der Waals surface area contributed by atoms with E-state index in [1.807, 2.05) is 6.07 Å². The maximum atomic E-state index is 13.2. The summed E-state index contributed by atoms with van der Waals surface area (Å²) in [6.07, 6.45) is 5.71. The van der Waals surface area contributed by atoms with Crippen LogP contribution in [0.25, 0.3) is 0 Å². The van der Waals surface area contributed by atoms with Crippen molar-refractivity contribution in [2.24, 2.45) is 17.8 Å². The van der Waals surface area contributed by atoms with Gasteiger partial charge in [-0.25, -0.2) is 4.39 Å². The van der Waals surface area contributed by atoms with Crippen LogP contribution < -0.4 is 5.32 Å². The second-order valence-electron chi connectivity index (χ2n) is 6.02. The molecule has 1 nitrogen and oxygen atoms in total. The predicted octanol–water partition coefficient (Wildman–Crippen LogP) is 3.91. The summed E-state index contributed by atoms with van der Waals surface area (Å²) in [5.74, 6) is 2.69. The Hall–Kier alpha value is -0.890. The Morgan fingerprint density at radius 2 is 1.89 bits per heavy atom. The van der Waals surface area contributed by atoms with E-state index in [1.54, 1.807) is 12.1 Å². The first-order chi connectivity index (χ1) is 8.74. The topological polar surface area (TPSA) is 12.0 Å². The minimum absolute atomic E-state index is 0.137. The Bertz CT molecular complexity index is 397. The van der Waals surface area contributed by atoms with E-state index in [1.165, 1.54) is 31.7 Å². The molecule has 0 aromatic heterocycles. The number of benzene rings is 1. The molecule has 0 bridgehead atoms. The van der Waals surface area contributed by atoms with E-state index in [2.05, 4.69) is 12.2 Å². The van der Waals surface area contributed by atoms with Gasteiger partial charge in [-0.2, -0.15) is 0 Å². The van der Waals surface area contributed by atoms with Crippen LogP contribution in [0.2, 0.25) is 0 Å². The molecule has 2 fully saturated rings. The van der Waals surface area contributed by atoms with Crippen LogP contribution in [0, 0.1) is 23.6 Å². The van der Waals surface area contributed by atoms with Crippen LogP contribution in [0.1, 0.15) is 44.2 Å². The summed E-state index contributed by atoms with van der Waals surface area (Å²) in [6, 6.07) is 7.20. The first kappa shape index (κ1) is 12.2. The Morgan fingerprint density at radius 1 is 1.22 bits per heavy atom.